The van der Waals surface area contributed by atoms with Crippen molar-refractivity contribution in [1.29, 1.82) is 0 Å². The Hall–Kier alpha value is -3.10. The topological polar surface area (TPSA) is 93.0 Å². The average molecular weight is 454 g/mol. The van der Waals surface area contributed by atoms with E-state index in [4.69, 9.17) is 9.47 Å². The van der Waals surface area contributed by atoms with Crippen LogP contribution in [0.25, 0.3) is 21.8 Å². The van der Waals surface area contributed by atoms with E-state index in [0.717, 1.165) is 47.7 Å². The van der Waals surface area contributed by atoms with Gasteiger partial charge >= 0.3 is 12.2 Å². The van der Waals surface area contributed by atoms with Gasteiger partial charge in [-0.1, -0.05) is 36.4 Å². The van der Waals surface area contributed by atoms with Crippen LogP contribution in [0.5, 0.6) is 0 Å². The number of alkyl carbamates (subject to hydrolysis) is 1. The van der Waals surface area contributed by atoms with Crippen molar-refractivity contribution in [3.05, 3.63) is 48.5 Å². The van der Waals surface area contributed by atoms with E-state index in [1.807, 2.05) is 48.5 Å². The lowest BCUT2D eigenvalue weighted by atomic mass is 9.97. The molecular formula is C25H31N3O5. The van der Waals surface area contributed by atoms with Crippen molar-refractivity contribution < 1.29 is 24.2 Å². The van der Waals surface area contributed by atoms with Gasteiger partial charge in [-0.15, -0.1) is 0 Å². The van der Waals surface area contributed by atoms with Crippen molar-refractivity contribution in [2.24, 2.45) is 5.92 Å². The molecule has 3 aromatic rings. The molecule has 8 nitrogen and oxygen atoms in total. The summed E-state index contributed by atoms with van der Waals surface area (Å²) < 4.78 is 12.3. The number of carbonyl (C=O) groups is 2. The van der Waals surface area contributed by atoms with Gasteiger partial charge in [-0.25, -0.2) is 14.2 Å². The molecule has 0 radical (unpaired) electrons. The molecule has 0 spiro atoms. The molecule has 8 heteroatoms. The second-order valence-corrected chi connectivity index (χ2v) is 8.43. The molecule has 1 amide bonds. The van der Waals surface area contributed by atoms with Gasteiger partial charge in [0, 0.05) is 17.3 Å². The maximum Gasteiger partial charge on any atom is 0.418 e. The molecule has 1 fully saturated rings. The van der Waals surface area contributed by atoms with Gasteiger partial charge in [-0.3, -0.25) is 0 Å². The fraction of sp³-hybridized carbons (Fsp3) is 0.440. The van der Waals surface area contributed by atoms with Crippen LogP contribution in [0.1, 0.15) is 19.8 Å². The van der Waals surface area contributed by atoms with Crippen LogP contribution in [0.2, 0.25) is 0 Å². The Morgan fingerprint density at radius 2 is 1.64 bits per heavy atom. The molecular weight excluding hydrogens is 422 g/mol. The first kappa shape index (κ1) is 23.1. The maximum atomic E-state index is 13.0. The number of benzene rings is 2. The number of carbonyl (C=O) groups excluding carboxylic acids is 2. The molecule has 0 aliphatic carbocycles. The highest BCUT2D eigenvalue weighted by atomic mass is 16.6. The second-order valence-electron chi connectivity index (χ2n) is 8.43. The molecule has 4 rings (SSSR count). The molecule has 0 bridgehead atoms. The van der Waals surface area contributed by atoms with E-state index in [1.165, 1.54) is 0 Å². The molecule has 0 saturated carbocycles. The summed E-state index contributed by atoms with van der Waals surface area (Å²) >= 11 is 0. The molecule has 1 aromatic heterocycles. The number of piperidine rings is 1. The summed E-state index contributed by atoms with van der Waals surface area (Å²) in [6.45, 7) is 4.46. The Labute approximate surface area is 193 Å². The summed E-state index contributed by atoms with van der Waals surface area (Å²) in [5.41, 5.74) is 1.70. The largest absolute Gasteiger partial charge is 0.450 e. The third kappa shape index (κ3) is 5.29. The second kappa shape index (κ2) is 10.7. The standard InChI is InChI=1S/C25H31N3O5/c1-2-32-24(30)26-19(16-29)15-27-13-11-18(12-14-27)17-33-25(31)28-22-9-5-3-7-20(22)21-8-4-6-10-23(21)28/h3-10,18-19,29H,2,11-17H2,1H3,(H,26,30)/t19-/m1/s1. The predicted molar refractivity (Wildman–Crippen MR) is 126 cm³/mol. The third-order valence-corrected chi connectivity index (χ3v) is 6.21. The minimum atomic E-state index is -0.511. The quantitative estimate of drug-likeness (QED) is 0.568. The first-order valence-electron chi connectivity index (χ1n) is 11.5. The number of nitrogens with one attached hydrogen (secondary N) is 1. The summed E-state index contributed by atoms with van der Waals surface area (Å²) in [5.74, 6) is 0.281. The normalized spacial score (nSPS) is 16.1. The molecule has 1 atom stereocenters. The van der Waals surface area contributed by atoms with Crippen LogP contribution >= 0.6 is 0 Å². The highest BCUT2D eigenvalue weighted by Crippen LogP contribution is 2.29. The number of likely N-dealkylation sites (tertiary alicyclic amines) is 1. The zero-order valence-electron chi connectivity index (χ0n) is 18.9. The molecule has 1 aliphatic heterocycles. The van der Waals surface area contributed by atoms with Gasteiger partial charge in [-0.2, -0.15) is 0 Å². The van der Waals surface area contributed by atoms with Crippen LogP contribution < -0.4 is 5.32 Å². The number of aliphatic hydroxyl groups excluding tert-OH is 1. The van der Waals surface area contributed by atoms with Crippen molar-refractivity contribution in [3.63, 3.8) is 0 Å². The van der Waals surface area contributed by atoms with Gasteiger partial charge in [0.25, 0.3) is 0 Å². The minimum absolute atomic E-state index is 0.144. The Morgan fingerprint density at radius 1 is 1.03 bits per heavy atom. The summed E-state index contributed by atoms with van der Waals surface area (Å²) in [7, 11) is 0. The van der Waals surface area contributed by atoms with Crippen LogP contribution in [0.4, 0.5) is 9.59 Å². The average Bonchev–Trinajstić information content (AvgIpc) is 3.18. The maximum absolute atomic E-state index is 13.0. The smallest absolute Gasteiger partial charge is 0.418 e. The number of hydrogen-bond donors (Lipinski definition) is 2. The molecule has 2 heterocycles. The zero-order chi connectivity index (χ0) is 23.2. The van der Waals surface area contributed by atoms with E-state index in [1.54, 1.807) is 11.5 Å². The van der Waals surface area contributed by atoms with Crippen LogP contribution in [0, 0.1) is 5.92 Å². The molecule has 0 unspecified atom stereocenters. The lowest BCUT2D eigenvalue weighted by molar-refractivity contribution is 0.0882. The molecule has 2 aromatic carbocycles. The molecule has 33 heavy (non-hydrogen) atoms. The van der Waals surface area contributed by atoms with Gasteiger partial charge in [0.05, 0.1) is 36.9 Å². The van der Waals surface area contributed by atoms with Gasteiger partial charge in [0.1, 0.15) is 0 Å². The van der Waals surface area contributed by atoms with E-state index in [-0.39, 0.29) is 24.7 Å². The Bertz CT molecular complexity index is 1050. The van der Waals surface area contributed by atoms with Crippen molar-refractivity contribution in [1.82, 2.24) is 14.8 Å². The van der Waals surface area contributed by atoms with Crippen molar-refractivity contribution in [3.8, 4) is 0 Å². The van der Waals surface area contributed by atoms with Crippen LogP contribution in [0.15, 0.2) is 48.5 Å². The van der Waals surface area contributed by atoms with Crippen molar-refractivity contribution >= 4 is 34.0 Å². The van der Waals surface area contributed by atoms with Gasteiger partial charge < -0.3 is 24.8 Å². The van der Waals surface area contributed by atoms with E-state index >= 15 is 0 Å². The fourth-order valence-electron chi connectivity index (χ4n) is 4.51. The zero-order valence-corrected chi connectivity index (χ0v) is 18.9. The third-order valence-electron chi connectivity index (χ3n) is 6.21. The van der Waals surface area contributed by atoms with Crippen LogP contribution in [-0.4, -0.2) is 72.3 Å². The number of hydrogen-bond acceptors (Lipinski definition) is 6. The monoisotopic (exact) mass is 453 g/mol. The fourth-order valence-corrected chi connectivity index (χ4v) is 4.51. The molecule has 1 aliphatic rings. The number of rotatable bonds is 7. The van der Waals surface area contributed by atoms with Crippen LogP contribution in [-0.2, 0) is 9.47 Å². The number of fused-ring (bicyclic) bond motifs is 3. The lowest BCUT2D eigenvalue weighted by Crippen LogP contribution is -2.48. The number of aliphatic hydroxyl groups is 1. The van der Waals surface area contributed by atoms with E-state index in [0.29, 0.717) is 19.8 Å². The van der Waals surface area contributed by atoms with Crippen molar-refractivity contribution in [2.75, 3.05) is 39.5 Å². The number of ether oxygens (including phenoxy) is 2. The Morgan fingerprint density at radius 3 is 2.21 bits per heavy atom. The van der Waals surface area contributed by atoms with Crippen LogP contribution in [0.3, 0.4) is 0 Å². The van der Waals surface area contributed by atoms with E-state index < -0.39 is 6.09 Å². The highest BCUT2D eigenvalue weighted by molar-refractivity contribution is 6.12. The number of nitrogens with zero attached hydrogens (tertiary/aromatic N) is 2. The van der Waals surface area contributed by atoms with E-state index in [2.05, 4.69) is 10.2 Å². The predicted octanol–water partition coefficient (Wildman–Crippen LogP) is 3.60. The lowest BCUT2D eigenvalue weighted by Gasteiger charge is -2.33. The summed E-state index contributed by atoms with van der Waals surface area (Å²) in [5, 5.41) is 14.3. The SMILES string of the molecule is CCOC(=O)N[C@@H](CO)CN1CCC(COC(=O)n2c3ccccc3c3ccccc32)CC1. The Kier molecular flexibility index (Phi) is 7.47. The Balaban J connectivity index is 1.31. The highest BCUT2D eigenvalue weighted by Gasteiger charge is 2.24. The molecule has 2 N–H and O–H groups in total. The van der Waals surface area contributed by atoms with Gasteiger partial charge in [0.15, 0.2) is 0 Å². The summed E-state index contributed by atoms with van der Waals surface area (Å²) in [6, 6.07) is 15.4. The van der Waals surface area contributed by atoms with Gasteiger partial charge in [0.2, 0.25) is 0 Å². The van der Waals surface area contributed by atoms with Gasteiger partial charge in [-0.05, 0) is 50.9 Å². The number of aromatic nitrogens is 1. The first-order chi connectivity index (χ1) is 16.1. The minimum Gasteiger partial charge on any atom is -0.450 e. The molecule has 1 saturated heterocycles. The molecule has 176 valence electrons. The summed E-state index contributed by atoms with van der Waals surface area (Å²) in [6.07, 6.45) is 0.910. The van der Waals surface area contributed by atoms with E-state index in [9.17, 15) is 14.7 Å². The summed E-state index contributed by atoms with van der Waals surface area (Å²) in [4.78, 5) is 26.8. The van der Waals surface area contributed by atoms with Crippen molar-refractivity contribution in [2.45, 2.75) is 25.8 Å². The number of amides is 1. The number of para-hydroxylation sites is 2. The first-order valence-corrected chi connectivity index (χ1v) is 11.5.